The van der Waals surface area contributed by atoms with E-state index in [-0.39, 0.29) is 17.0 Å². The lowest BCUT2D eigenvalue weighted by Crippen LogP contribution is -2.24. The van der Waals surface area contributed by atoms with Crippen molar-refractivity contribution < 1.29 is 14.7 Å². The average molecular weight is 294 g/mol. The number of aromatic nitrogens is 2. The number of hydrogen-bond acceptors (Lipinski definition) is 6. The molecule has 6 nitrogen and oxygen atoms in total. The molecule has 0 aromatic carbocycles. The van der Waals surface area contributed by atoms with Crippen LogP contribution in [-0.4, -0.2) is 44.9 Å². The van der Waals surface area contributed by atoms with Crippen molar-refractivity contribution in [1.29, 1.82) is 0 Å². The molecule has 1 unspecified atom stereocenters. The van der Waals surface area contributed by atoms with Crippen LogP contribution < -0.4 is 4.90 Å². The second-order valence-corrected chi connectivity index (χ2v) is 6.13. The molecule has 9 heteroatoms. The standard InChI is InChI=1S/C8H8ClN3O3S2/c9-4-1-5(13)12(2-4)7-10-11-8(17-7)16-3-6(14)15/h4H,1-3H2,(H,14,15). The Bertz CT molecular complexity index is 453. The van der Waals surface area contributed by atoms with E-state index in [0.717, 1.165) is 11.8 Å². The number of nitrogens with zero attached hydrogens (tertiary/aromatic N) is 3. The lowest BCUT2D eigenvalue weighted by Gasteiger charge is -2.09. The topological polar surface area (TPSA) is 83.4 Å². The van der Waals surface area contributed by atoms with Crippen molar-refractivity contribution in [1.82, 2.24) is 10.2 Å². The van der Waals surface area contributed by atoms with Gasteiger partial charge < -0.3 is 5.11 Å². The Morgan fingerprint density at radius 3 is 3.00 bits per heavy atom. The number of rotatable bonds is 4. The van der Waals surface area contributed by atoms with Crippen molar-refractivity contribution in [3.63, 3.8) is 0 Å². The monoisotopic (exact) mass is 293 g/mol. The number of carboxylic acid groups (broad SMARTS) is 1. The number of hydrogen-bond donors (Lipinski definition) is 1. The molecule has 1 aliphatic heterocycles. The second kappa shape index (κ2) is 5.19. The van der Waals surface area contributed by atoms with E-state index in [9.17, 15) is 9.59 Å². The summed E-state index contributed by atoms with van der Waals surface area (Å²) in [7, 11) is 0. The third-order valence-corrected chi connectivity index (χ3v) is 4.38. The fourth-order valence-corrected chi connectivity index (χ4v) is 3.20. The van der Waals surface area contributed by atoms with Crippen LogP contribution in [0.2, 0.25) is 0 Å². The summed E-state index contributed by atoms with van der Waals surface area (Å²) >= 11 is 8.16. The highest BCUT2D eigenvalue weighted by molar-refractivity contribution is 8.01. The molecule has 2 rings (SSSR count). The zero-order valence-corrected chi connectivity index (χ0v) is 10.9. The molecule has 92 valence electrons. The summed E-state index contributed by atoms with van der Waals surface area (Å²) in [6.07, 6.45) is 0.304. The van der Waals surface area contributed by atoms with Crippen LogP contribution in [0, 0.1) is 0 Å². The van der Waals surface area contributed by atoms with E-state index in [0.29, 0.717) is 22.4 Å². The third-order valence-electron chi connectivity index (χ3n) is 2.02. The van der Waals surface area contributed by atoms with Crippen LogP contribution in [0.5, 0.6) is 0 Å². The van der Waals surface area contributed by atoms with Crippen LogP contribution in [0.25, 0.3) is 0 Å². The van der Waals surface area contributed by atoms with Gasteiger partial charge in [0.15, 0.2) is 4.34 Å². The molecule has 1 amide bonds. The SMILES string of the molecule is O=C(O)CSc1nnc(N2CC(Cl)CC2=O)s1. The van der Waals surface area contributed by atoms with Gasteiger partial charge in [0.05, 0.1) is 11.1 Å². The number of carbonyl (C=O) groups is 2. The fourth-order valence-electron chi connectivity index (χ4n) is 1.34. The maximum Gasteiger partial charge on any atom is 0.313 e. The molecular weight excluding hydrogens is 286 g/mol. The van der Waals surface area contributed by atoms with Crippen molar-refractivity contribution in [2.75, 3.05) is 17.2 Å². The summed E-state index contributed by atoms with van der Waals surface area (Å²) < 4.78 is 0.535. The van der Waals surface area contributed by atoms with Gasteiger partial charge in [0.2, 0.25) is 11.0 Å². The van der Waals surface area contributed by atoms with E-state index in [2.05, 4.69) is 10.2 Å². The summed E-state index contributed by atoms with van der Waals surface area (Å²) in [4.78, 5) is 23.4. The van der Waals surface area contributed by atoms with Gasteiger partial charge in [-0.15, -0.1) is 21.8 Å². The van der Waals surface area contributed by atoms with Crippen molar-refractivity contribution in [3.8, 4) is 0 Å². The van der Waals surface area contributed by atoms with Crippen molar-refractivity contribution >= 4 is 51.7 Å². The molecule has 0 aliphatic carbocycles. The molecule has 1 atom stereocenters. The highest BCUT2D eigenvalue weighted by Crippen LogP contribution is 2.31. The molecule has 1 fully saturated rings. The smallest absolute Gasteiger partial charge is 0.313 e. The van der Waals surface area contributed by atoms with Crippen molar-refractivity contribution in [3.05, 3.63) is 0 Å². The van der Waals surface area contributed by atoms with Gasteiger partial charge in [0.25, 0.3) is 0 Å². The number of thioether (sulfide) groups is 1. The molecule has 0 bridgehead atoms. The van der Waals surface area contributed by atoms with Crippen LogP contribution in [0.4, 0.5) is 5.13 Å². The number of anilines is 1. The Morgan fingerprint density at radius 2 is 2.41 bits per heavy atom. The summed E-state index contributed by atoms with van der Waals surface area (Å²) in [5, 5.41) is 16.5. The molecule has 0 saturated carbocycles. The number of carbonyl (C=O) groups excluding carboxylic acids is 1. The van der Waals surface area contributed by atoms with E-state index in [1.54, 1.807) is 0 Å². The normalized spacial score (nSPS) is 19.9. The average Bonchev–Trinajstić information content (AvgIpc) is 2.82. The van der Waals surface area contributed by atoms with Crippen molar-refractivity contribution in [2.24, 2.45) is 0 Å². The number of carboxylic acids is 1. The molecule has 17 heavy (non-hydrogen) atoms. The Balaban J connectivity index is 2.03. The predicted octanol–water partition coefficient (Wildman–Crippen LogP) is 1.06. The van der Waals surface area contributed by atoms with E-state index in [1.807, 2.05) is 0 Å². The van der Waals surface area contributed by atoms with Crippen LogP contribution in [-0.2, 0) is 9.59 Å². The van der Waals surface area contributed by atoms with Gasteiger partial charge in [-0.25, -0.2) is 0 Å². The summed E-state index contributed by atoms with van der Waals surface area (Å²) in [5.74, 6) is -1.05. The Morgan fingerprint density at radius 1 is 1.65 bits per heavy atom. The third kappa shape index (κ3) is 3.08. The predicted molar refractivity (Wildman–Crippen MR) is 64.9 cm³/mol. The van der Waals surface area contributed by atoms with Crippen LogP contribution >= 0.6 is 34.7 Å². The Hall–Kier alpha value is -0.860. The summed E-state index contributed by atoms with van der Waals surface area (Å²) in [6.45, 7) is 0.429. The van der Waals surface area contributed by atoms with E-state index < -0.39 is 5.97 Å². The van der Waals surface area contributed by atoms with Crippen LogP contribution in [0.15, 0.2) is 4.34 Å². The van der Waals surface area contributed by atoms with Gasteiger partial charge in [-0.2, -0.15) is 0 Å². The molecule has 1 saturated heterocycles. The minimum atomic E-state index is -0.912. The van der Waals surface area contributed by atoms with Gasteiger partial charge >= 0.3 is 5.97 Å². The first-order valence-corrected chi connectivity index (χ1v) is 6.92. The highest BCUT2D eigenvalue weighted by Gasteiger charge is 2.31. The molecule has 1 aliphatic rings. The van der Waals surface area contributed by atoms with Gasteiger partial charge in [-0.05, 0) is 0 Å². The van der Waals surface area contributed by atoms with E-state index in [4.69, 9.17) is 16.7 Å². The van der Waals surface area contributed by atoms with Crippen LogP contribution in [0.3, 0.4) is 0 Å². The summed E-state index contributed by atoms with van der Waals surface area (Å²) in [6, 6.07) is 0. The van der Waals surface area contributed by atoms with Gasteiger partial charge in [0, 0.05) is 13.0 Å². The number of alkyl halides is 1. The lowest BCUT2D eigenvalue weighted by atomic mass is 10.4. The molecule has 1 N–H and O–H groups in total. The molecule has 2 heterocycles. The minimum absolute atomic E-state index is 0.0687. The maximum absolute atomic E-state index is 11.5. The second-order valence-electron chi connectivity index (χ2n) is 3.34. The highest BCUT2D eigenvalue weighted by atomic mass is 35.5. The van der Waals surface area contributed by atoms with E-state index in [1.165, 1.54) is 16.2 Å². The first-order chi connectivity index (χ1) is 8.06. The zero-order valence-electron chi connectivity index (χ0n) is 8.50. The largest absolute Gasteiger partial charge is 0.481 e. The van der Waals surface area contributed by atoms with E-state index >= 15 is 0 Å². The molecule has 1 aromatic rings. The minimum Gasteiger partial charge on any atom is -0.481 e. The number of amides is 1. The molecule has 0 radical (unpaired) electrons. The Labute approximate surface area is 110 Å². The zero-order chi connectivity index (χ0) is 12.4. The first kappa shape index (κ1) is 12.6. The molecular formula is C8H8ClN3O3S2. The quantitative estimate of drug-likeness (QED) is 0.508. The molecule has 1 aromatic heterocycles. The first-order valence-electron chi connectivity index (χ1n) is 4.69. The maximum atomic E-state index is 11.5. The fraction of sp³-hybridized carbons (Fsp3) is 0.500. The van der Waals surface area contributed by atoms with Crippen LogP contribution in [0.1, 0.15) is 6.42 Å². The Kier molecular flexibility index (Phi) is 3.85. The van der Waals surface area contributed by atoms with Crippen molar-refractivity contribution in [2.45, 2.75) is 16.1 Å². The molecule has 0 spiro atoms. The summed E-state index contributed by atoms with van der Waals surface area (Å²) in [5.41, 5.74) is 0. The number of aliphatic carboxylic acids is 1. The lowest BCUT2D eigenvalue weighted by molar-refractivity contribution is -0.133. The van der Waals surface area contributed by atoms with Gasteiger partial charge in [-0.3, -0.25) is 14.5 Å². The van der Waals surface area contributed by atoms with Gasteiger partial charge in [0.1, 0.15) is 0 Å². The number of halogens is 1. The van der Waals surface area contributed by atoms with Gasteiger partial charge in [-0.1, -0.05) is 23.1 Å².